The highest BCUT2D eigenvalue weighted by Crippen LogP contribution is 2.31. The van der Waals surface area contributed by atoms with E-state index in [4.69, 9.17) is 9.88 Å². The number of aliphatic carboxylic acids is 1. The highest BCUT2D eigenvalue weighted by Gasteiger charge is 2.32. The first-order valence-electron chi connectivity index (χ1n) is 12.3. The number of carbonyl (C=O) groups excluding carboxylic acids is 1. The number of ether oxygens (including phenoxy) is 1. The van der Waals surface area contributed by atoms with E-state index in [1.807, 2.05) is 0 Å². The van der Waals surface area contributed by atoms with Crippen LogP contribution in [0.4, 0.5) is 13.2 Å². The van der Waals surface area contributed by atoms with E-state index < -0.39 is 52.1 Å². The molecule has 17 heteroatoms. The first kappa shape index (κ1) is 30.9. The number of aromatic nitrogens is 4. The van der Waals surface area contributed by atoms with Crippen molar-refractivity contribution in [1.29, 1.82) is 0 Å². The number of thiazole rings is 1. The number of nitrogens with zero attached hydrogens (tertiary/aromatic N) is 4. The van der Waals surface area contributed by atoms with Crippen LogP contribution in [0.1, 0.15) is 49.2 Å². The van der Waals surface area contributed by atoms with Crippen LogP contribution in [0.15, 0.2) is 53.0 Å². The second kappa shape index (κ2) is 12.0. The highest BCUT2D eigenvalue weighted by molar-refractivity contribution is 7.91. The predicted molar refractivity (Wildman–Crippen MR) is 144 cm³/mol. The van der Waals surface area contributed by atoms with Gasteiger partial charge in [0.25, 0.3) is 10.0 Å². The molecule has 2 aromatic carbocycles. The van der Waals surface area contributed by atoms with Crippen molar-refractivity contribution in [2.75, 3.05) is 0 Å². The number of primary sulfonamides is 1. The molecule has 0 aliphatic heterocycles. The van der Waals surface area contributed by atoms with Crippen molar-refractivity contribution in [3.05, 3.63) is 65.5 Å². The summed E-state index contributed by atoms with van der Waals surface area (Å²) in [6.07, 6.45) is -3.63. The van der Waals surface area contributed by atoms with Crippen LogP contribution in [0.25, 0.3) is 10.2 Å². The molecule has 1 amide bonds. The van der Waals surface area contributed by atoms with Crippen molar-refractivity contribution >= 4 is 43.5 Å². The van der Waals surface area contributed by atoms with Gasteiger partial charge in [0.1, 0.15) is 24.1 Å². The van der Waals surface area contributed by atoms with Crippen LogP contribution in [0, 0.1) is 5.92 Å². The summed E-state index contributed by atoms with van der Waals surface area (Å²) in [7, 11) is -3.95. The Bertz CT molecular complexity index is 1700. The largest absolute Gasteiger partial charge is 0.487 e. The second-order valence-electron chi connectivity index (χ2n) is 9.60. The van der Waals surface area contributed by atoms with E-state index in [2.05, 4.69) is 20.6 Å². The zero-order valence-corrected chi connectivity index (χ0v) is 23.7. The van der Waals surface area contributed by atoms with E-state index >= 15 is 0 Å². The fourth-order valence-corrected chi connectivity index (χ4v) is 5.77. The van der Waals surface area contributed by atoms with Gasteiger partial charge in [-0.15, -0.1) is 16.4 Å². The number of rotatable bonds is 11. The molecule has 0 aliphatic rings. The van der Waals surface area contributed by atoms with Crippen molar-refractivity contribution in [2.24, 2.45) is 11.1 Å². The zero-order valence-electron chi connectivity index (χ0n) is 22.1. The Balaban J connectivity index is 1.47. The van der Waals surface area contributed by atoms with Gasteiger partial charge in [0.2, 0.25) is 10.2 Å². The van der Waals surface area contributed by atoms with E-state index in [1.54, 1.807) is 32.0 Å². The SMILES string of the molecule is CC(C)[C@@H](C(=O)NC(CC(=O)O)c1ccc(C(F)(F)F)cc1)n1cc(COc2ccc3nc(S(N)(=O)=O)sc3c2)nn1. The zero-order chi connectivity index (χ0) is 30.8. The number of benzene rings is 2. The average molecular weight is 627 g/mol. The number of alkyl halides is 3. The van der Waals surface area contributed by atoms with Crippen molar-refractivity contribution in [3.8, 4) is 5.75 Å². The molecule has 4 aromatic rings. The number of amides is 1. The maximum absolute atomic E-state index is 13.3. The molecule has 0 radical (unpaired) electrons. The number of fused-ring (bicyclic) bond motifs is 1. The molecule has 0 fully saturated rings. The molecule has 4 N–H and O–H groups in total. The number of halogens is 3. The van der Waals surface area contributed by atoms with Gasteiger partial charge in [0.15, 0.2) is 0 Å². The van der Waals surface area contributed by atoms with Crippen molar-refractivity contribution in [2.45, 2.75) is 49.5 Å². The Hall–Kier alpha value is -4.09. The fourth-order valence-electron chi connectivity index (χ4n) is 4.08. The van der Waals surface area contributed by atoms with Gasteiger partial charge in [-0.1, -0.05) is 31.2 Å². The molecule has 2 aromatic heterocycles. The molecule has 4 rings (SSSR count). The van der Waals surface area contributed by atoms with Crippen LogP contribution in [0.5, 0.6) is 5.75 Å². The average Bonchev–Trinajstić information content (AvgIpc) is 3.53. The summed E-state index contributed by atoms with van der Waals surface area (Å²) in [6, 6.07) is 6.65. The van der Waals surface area contributed by atoms with Crippen LogP contribution in [-0.4, -0.2) is 45.4 Å². The number of carboxylic acids is 1. The van der Waals surface area contributed by atoms with Gasteiger partial charge >= 0.3 is 12.1 Å². The Kier molecular flexibility index (Phi) is 8.84. The van der Waals surface area contributed by atoms with E-state index in [0.717, 1.165) is 35.6 Å². The summed E-state index contributed by atoms with van der Waals surface area (Å²) in [5.41, 5.74) is 0.0887. The minimum atomic E-state index is -4.56. The molecule has 0 spiro atoms. The molecular formula is C25H25F3N6O6S2. The number of sulfonamides is 1. The van der Waals surface area contributed by atoms with Gasteiger partial charge in [-0.2, -0.15) is 13.2 Å². The van der Waals surface area contributed by atoms with Gasteiger partial charge in [-0.05, 0) is 41.8 Å². The quantitative estimate of drug-likeness (QED) is 0.224. The number of carboxylic acid groups (broad SMARTS) is 1. The third-order valence-electron chi connectivity index (χ3n) is 6.05. The molecule has 12 nitrogen and oxygen atoms in total. The molecule has 0 saturated carbocycles. The summed E-state index contributed by atoms with van der Waals surface area (Å²) in [5, 5.41) is 25.2. The smallest absolute Gasteiger partial charge is 0.416 e. The fraction of sp³-hybridized carbons (Fsp3) is 0.320. The summed E-state index contributed by atoms with van der Waals surface area (Å²) >= 11 is 0.895. The van der Waals surface area contributed by atoms with Gasteiger partial charge in [0.05, 0.1) is 34.4 Å². The van der Waals surface area contributed by atoms with Crippen LogP contribution < -0.4 is 15.2 Å². The Morgan fingerprint density at radius 1 is 1.17 bits per heavy atom. The Labute approximate surface area is 241 Å². The van der Waals surface area contributed by atoms with E-state index in [-0.39, 0.29) is 22.4 Å². The normalized spacial score (nSPS) is 13.7. The topological polar surface area (TPSA) is 179 Å². The minimum Gasteiger partial charge on any atom is -0.487 e. The third kappa shape index (κ3) is 7.40. The van der Waals surface area contributed by atoms with Crippen LogP contribution in [0.2, 0.25) is 0 Å². The number of hydrogen-bond donors (Lipinski definition) is 3. The molecule has 2 heterocycles. The van der Waals surface area contributed by atoms with Gasteiger partial charge in [-0.25, -0.2) is 23.2 Å². The van der Waals surface area contributed by atoms with Crippen LogP contribution in [-0.2, 0) is 32.4 Å². The van der Waals surface area contributed by atoms with Crippen molar-refractivity contribution < 1.29 is 41.0 Å². The van der Waals surface area contributed by atoms with Crippen LogP contribution >= 0.6 is 11.3 Å². The summed E-state index contributed by atoms with van der Waals surface area (Å²) in [4.78, 5) is 28.7. The number of nitrogens with one attached hydrogen (secondary N) is 1. The monoisotopic (exact) mass is 626 g/mol. The van der Waals surface area contributed by atoms with Crippen molar-refractivity contribution in [3.63, 3.8) is 0 Å². The number of carbonyl (C=O) groups is 2. The van der Waals surface area contributed by atoms with E-state index in [1.165, 1.54) is 10.9 Å². The molecular weight excluding hydrogens is 601 g/mol. The molecule has 2 atom stereocenters. The first-order chi connectivity index (χ1) is 19.6. The minimum absolute atomic E-state index is 0.0496. The standard InChI is InChI=1S/C25H25F3N6O6S2/c1-13(2)22(23(37)30-19(10-21(35)36)14-3-5-15(6-4-14)25(26,27)28)34-11-16(32-33-34)12-40-17-7-8-18-20(9-17)41-24(31-18)42(29,38)39/h3-9,11,13,19,22H,10,12H2,1-2H3,(H,30,37)(H,35,36)(H2,29,38,39)/t19?,22-/m0/s1. The van der Waals surface area contributed by atoms with Gasteiger partial charge < -0.3 is 15.2 Å². The third-order valence-corrected chi connectivity index (χ3v) is 8.39. The summed E-state index contributed by atoms with van der Waals surface area (Å²) < 4.78 is 69.4. The van der Waals surface area contributed by atoms with E-state index in [0.29, 0.717) is 21.7 Å². The second-order valence-corrected chi connectivity index (χ2v) is 12.4. The Morgan fingerprint density at radius 2 is 1.86 bits per heavy atom. The predicted octanol–water partition coefficient (Wildman–Crippen LogP) is 3.66. The molecule has 0 aliphatic carbocycles. The molecule has 1 unspecified atom stereocenters. The van der Waals surface area contributed by atoms with Gasteiger partial charge in [-0.3, -0.25) is 9.59 Å². The maximum Gasteiger partial charge on any atom is 0.416 e. The Morgan fingerprint density at radius 3 is 2.45 bits per heavy atom. The van der Waals surface area contributed by atoms with Gasteiger partial charge in [0, 0.05) is 0 Å². The lowest BCUT2D eigenvalue weighted by atomic mass is 9.99. The molecule has 0 bridgehead atoms. The molecule has 42 heavy (non-hydrogen) atoms. The summed E-state index contributed by atoms with van der Waals surface area (Å²) in [6.45, 7) is 3.44. The van der Waals surface area contributed by atoms with Crippen LogP contribution in [0.3, 0.4) is 0 Å². The lowest BCUT2D eigenvalue weighted by molar-refractivity contribution is -0.139. The maximum atomic E-state index is 13.3. The highest BCUT2D eigenvalue weighted by atomic mass is 32.2. The lowest BCUT2D eigenvalue weighted by Gasteiger charge is -2.24. The molecule has 224 valence electrons. The number of hydrogen-bond acceptors (Lipinski definition) is 9. The summed E-state index contributed by atoms with van der Waals surface area (Å²) in [5.74, 6) is -1.79. The lowest BCUT2D eigenvalue weighted by Crippen LogP contribution is -2.38. The van der Waals surface area contributed by atoms with Crippen molar-refractivity contribution in [1.82, 2.24) is 25.3 Å². The number of nitrogens with two attached hydrogens (primary N) is 1. The van der Waals surface area contributed by atoms with E-state index in [9.17, 15) is 36.3 Å². The first-order valence-corrected chi connectivity index (χ1v) is 14.6. The molecule has 0 saturated heterocycles.